The van der Waals surface area contributed by atoms with E-state index in [0.29, 0.717) is 10.4 Å². The molecule has 0 atom stereocenters. The van der Waals surface area contributed by atoms with E-state index in [-0.39, 0.29) is 28.6 Å². The number of nitrogens with zero attached hydrogens (tertiary/aromatic N) is 1. The molecule has 0 unspecified atom stereocenters. The minimum absolute atomic E-state index is 0.0343. The molecule has 2 aromatic heterocycles. The number of amides is 1. The molecule has 0 saturated heterocycles. The van der Waals surface area contributed by atoms with E-state index in [1.54, 1.807) is 23.6 Å². The number of non-ortho nitro benzene ring substituents is 1. The zero-order valence-electron chi connectivity index (χ0n) is 13.1. The van der Waals surface area contributed by atoms with Crippen molar-refractivity contribution < 1.29 is 14.5 Å². The van der Waals surface area contributed by atoms with Gasteiger partial charge >= 0.3 is 0 Å². The summed E-state index contributed by atoms with van der Waals surface area (Å²) >= 11 is 8.70. The van der Waals surface area contributed by atoms with Crippen molar-refractivity contribution in [3.63, 3.8) is 0 Å². The highest BCUT2D eigenvalue weighted by molar-refractivity contribution is 7.14. The molecule has 2 heterocycles. The molecule has 0 radical (unpaired) electrons. The number of nitrogens with one attached hydrogen (secondary N) is 1. The smallest absolute Gasteiger partial charge is 0.270 e. The highest BCUT2D eigenvalue weighted by Crippen LogP contribution is 2.23. The molecule has 6 nitrogen and oxygen atoms in total. The number of nitro groups is 1. The van der Waals surface area contributed by atoms with Crippen molar-refractivity contribution in [3.8, 4) is 0 Å². The summed E-state index contributed by atoms with van der Waals surface area (Å²) < 4.78 is 0. The maximum atomic E-state index is 12.3. The number of carbonyl (C=O) groups excluding carboxylic acids is 2. The topological polar surface area (TPSA) is 89.3 Å². The highest BCUT2D eigenvalue weighted by Gasteiger charge is 2.17. The van der Waals surface area contributed by atoms with Gasteiger partial charge in [0.15, 0.2) is 0 Å². The van der Waals surface area contributed by atoms with Crippen molar-refractivity contribution in [2.45, 2.75) is 6.54 Å². The van der Waals surface area contributed by atoms with Gasteiger partial charge in [0, 0.05) is 28.0 Å². The second kappa shape index (κ2) is 7.77. The van der Waals surface area contributed by atoms with Gasteiger partial charge in [-0.15, -0.1) is 11.3 Å². The Balaban J connectivity index is 1.68. The minimum Gasteiger partial charge on any atom is -0.347 e. The van der Waals surface area contributed by atoms with E-state index >= 15 is 0 Å². The fraction of sp³-hybridized carbons (Fsp3) is 0.0588. The van der Waals surface area contributed by atoms with Gasteiger partial charge < -0.3 is 5.32 Å². The number of benzene rings is 1. The van der Waals surface area contributed by atoms with Gasteiger partial charge in [0.05, 0.1) is 26.9 Å². The zero-order chi connectivity index (χ0) is 18.7. The number of rotatable bonds is 6. The Labute approximate surface area is 161 Å². The lowest BCUT2D eigenvalue weighted by atomic mass is 10.2. The van der Waals surface area contributed by atoms with Crippen molar-refractivity contribution in [1.29, 1.82) is 0 Å². The van der Waals surface area contributed by atoms with E-state index in [2.05, 4.69) is 5.32 Å². The van der Waals surface area contributed by atoms with Crippen LogP contribution >= 0.6 is 34.3 Å². The van der Waals surface area contributed by atoms with E-state index in [0.717, 1.165) is 10.9 Å². The van der Waals surface area contributed by atoms with Crippen LogP contribution in [0.15, 0.2) is 47.2 Å². The maximum absolute atomic E-state index is 12.3. The van der Waals surface area contributed by atoms with E-state index < -0.39 is 10.8 Å². The van der Waals surface area contributed by atoms with Crippen molar-refractivity contribution in [3.05, 3.63) is 83.2 Å². The fourth-order valence-corrected chi connectivity index (χ4v) is 3.94. The predicted octanol–water partition coefficient (Wildman–Crippen LogP) is 4.53. The summed E-state index contributed by atoms with van der Waals surface area (Å²) in [6.07, 6.45) is 0. The van der Waals surface area contributed by atoms with Crippen molar-refractivity contribution in [1.82, 2.24) is 5.32 Å². The summed E-state index contributed by atoms with van der Waals surface area (Å²) in [6.45, 7) is 0.194. The van der Waals surface area contributed by atoms with Crippen LogP contribution < -0.4 is 5.32 Å². The Morgan fingerprint density at radius 1 is 1.19 bits per heavy atom. The molecule has 0 bridgehead atoms. The quantitative estimate of drug-likeness (QED) is 0.370. The molecule has 0 aliphatic rings. The van der Waals surface area contributed by atoms with Crippen molar-refractivity contribution in [2.75, 3.05) is 0 Å². The van der Waals surface area contributed by atoms with Crippen LogP contribution in [0.2, 0.25) is 5.02 Å². The summed E-state index contributed by atoms with van der Waals surface area (Å²) in [7, 11) is 0. The number of carbonyl (C=O) groups is 2. The van der Waals surface area contributed by atoms with Gasteiger partial charge in [0.1, 0.15) is 0 Å². The van der Waals surface area contributed by atoms with Gasteiger partial charge in [0.25, 0.3) is 11.6 Å². The first-order chi connectivity index (χ1) is 12.5. The van der Waals surface area contributed by atoms with Gasteiger partial charge in [-0.1, -0.05) is 11.6 Å². The zero-order valence-corrected chi connectivity index (χ0v) is 15.5. The molecule has 0 saturated carbocycles. The Morgan fingerprint density at radius 2 is 2.00 bits per heavy atom. The number of halogens is 1. The third-order valence-electron chi connectivity index (χ3n) is 3.50. The SMILES string of the molecule is O=C(c1ccsc1)c1ccc(CNC(=O)c2cc([N+](=O)[O-])ccc2Cl)s1. The van der Waals surface area contributed by atoms with Gasteiger partial charge in [-0.05, 0) is 29.6 Å². The van der Waals surface area contributed by atoms with Crippen LogP contribution in [0, 0.1) is 10.1 Å². The third-order valence-corrected chi connectivity index (χ3v) is 5.59. The van der Waals surface area contributed by atoms with Gasteiger partial charge in [-0.2, -0.15) is 11.3 Å². The summed E-state index contributed by atoms with van der Waals surface area (Å²) in [6, 6.07) is 8.93. The lowest BCUT2D eigenvalue weighted by Crippen LogP contribution is -2.22. The summed E-state index contributed by atoms with van der Waals surface area (Å²) in [4.78, 5) is 36.2. The minimum atomic E-state index is -0.589. The predicted molar refractivity (Wildman–Crippen MR) is 101 cm³/mol. The first kappa shape index (κ1) is 18.2. The van der Waals surface area contributed by atoms with E-state index in [1.165, 1.54) is 34.8 Å². The summed E-state index contributed by atoms with van der Waals surface area (Å²) in [5.74, 6) is -0.576. The number of nitro benzene ring substituents is 1. The number of ketones is 1. The van der Waals surface area contributed by atoms with Crippen LogP contribution in [0.3, 0.4) is 0 Å². The second-order valence-corrected chi connectivity index (χ2v) is 7.57. The Kier molecular flexibility index (Phi) is 5.46. The van der Waals surface area contributed by atoms with Crippen LogP contribution in [0.5, 0.6) is 0 Å². The van der Waals surface area contributed by atoms with Crippen LogP contribution in [0.1, 0.15) is 30.5 Å². The van der Waals surface area contributed by atoms with Gasteiger partial charge in [-0.3, -0.25) is 19.7 Å². The monoisotopic (exact) mass is 406 g/mol. The molecule has 0 fully saturated rings. The molecule has 0 spiro atoms. The van der Waals surface area contributed by atoms with Gasteiger partial charge in [-0.25, -0.2) is 0 Å². The normalized spacial score (nSPS) is 10.5. The Hall–Kier alpha value is -2.55. The Bertz CT molecular complexity index is 983. The summed E-state index contributed by atoms with van der Waals surface area (Å²) in [5, 5.41) is 17.3. The molecule has 132 valence electrons. The average Bonchev–Trinajstić information content (AvgIpc) is 3.31. The van der Waals surface area contributed by atoms with Crippen LogP contribution in [0.25, 0.3) is 0 Å². The number of hydrogen-bond donors (Lipinski definition) is 1. The van der Waals surface area contributed by atoms with Gasteiger partial charge in [0.2, 0.25) is 5.78 Å². The van der Waals surface area contributed by atoms with Crippen molar-refractivity contribution >= 4 is 51.7 Å². The second-order valence-electron chi connectivity index (χ2n) is 5.21. The molecule has 1 N–H and O–H groups in total. The molecule has 1 amide bonds. The van der Waals surface area contributed by atoms with Crippen molar-refractivity contribution in [2.24, 2.45) is 0 Å². The molecule has 0 aliphatic carbocycles. The molecule has 26 heavy (non-hydrogen) atoms. The highest BCUT2D eigenvalue weighted by atomic mass is 35.5. The molecule has 1 aromatic carbocycles. The van der Waals surface area contributed by atoms with Crippen LogP contribution in [-0.4, -0.2) is 16.6 Å². The van der Waals surface area contributed by atoms with E-state index in [9.17, 15) is 19.7 Å². The number of hydrogen-bond acceptors (Lipinski definition) is 6. The Morgan fingerprint density at radius 3 is 2.69 bits per heavy atom. The standard InChI is InChI=1S/C17H11ClN2O4S2/c18-14-3-1-11(20(23)24)7-13(14)17(22)19-8-12-2-4-15(26-12)16(21)10-5-6-25-9-10/h1-7,9H,8H2,(H,19,22). The fourth-order valence-electron chi connectivity index (χ4n) is 2.19. The molecular formula is C17H11ClN2O4S2. The lowest BCUT2D eigenvalue weighted by molar-refractivity contribution is -0.384. The number of thiophene rings is 2. The molecule has 9 heteroatoms. The first-order valence-electron chi connectivity index (χ1n) is 7.33. The van der Waals surface area contributed by atoms with Crippen LogP contribution in [0.4, 0.5) is 5.69 Å². The maximum Gasteiger partial charge on any atom is 0.270 e. The molecule has 3 rings (SSSR count). The first-order valence-corrected chi connectivity index (χ1v) is 9.47. The van der Waals surface area contributed by atoms with E-state index in [1.807, 2.05) is 5.38 Å². The largest absolute Gasteiger partial charge is 0.347 e. The van der Waals surface area contributed by atoms with Crippen LogP contribution in [-0.2, 0) is 6.54 Å². The molecule has 3 aromatic rings. The molecule has 0 aliphatic heterocycles. The van der Waals surface area contributed by atoms with E-state index in [4.69, 9.17) is 11.6 Å². The lowest BCUT2D eigenvalue weighted by Gasteiger charge is -2.05. The molecular weight excluding hydrogens is 396 g/mol. The third kappa shape index (κ3) is 3.98. The summed E-state index contributed by atoms with van der Waals surface area (Å²) in [5.41, 5.74) is 0.460. The average molecular weight is 407 g/mol.